The number of likely N-dealkylation sites (N-methyl/N-ethyl adjacent to an activating group) is 1. The molecule has 0 aromatic heterocycles. The summed E-state index contributed by atoms with van der Waals surface area (Å²) in [6, 6.07) is 0. The molecule has 0 aliphatic heterocycles. The Balaban J connectivity index is 4.11. The van der Waals surface area contributed by atoms with Gasteiger partial charge in [-0.3, -0.25) is 13.8 Å². The molecule has 0 aliphatic rings. The fourth-order valence-corrected chi connectivity index (χ4v) is 7.46. The Morgan fingerprint density at radius 2 is 0.951 bits per heavy atom. The van der Waals surface area contributed by atoms with Gasteiger partial charge in [-0.15, -0.1) is 0 Å². The average Bonchev–Trinajstić information content (AvgIpc) is 3.22. The van der Waals surface area contributed by atoms with Crippen LogP contribution in [0.5, 0.6) is 0 Å². The number of nitrogens with zero attached hydrogens (tertiary/aromatic N) is 1. The van der Waals surface area contributed by atoms with E-state index in [4.69, 9.17) is 18.5 Å². The Morgan fingerprint density at radius 1 is 0.525 bits per heavy atom. The first-order valence-electron chi connectivity index (χ1n) is 25.0. The number of quaternary nitrogens is 1. The number of unbranched alkanes of at least 4 members (excludes halogenated alkanes) is 22. The summed E-state index contributed by atoms with van der Waals surface area (Å²) in [6.45, 7) is 5.45. The van der Waals surface area contributed by atoms with Crippen LogP contribution in [0.4, 0.5) is 0 Å². The number of carbonyl (C=O) groups is 1. The zero-order chi connectivity index (χ0) is 44.8. The van der Waals surface area contributed by atoms with Crippen LogP contribution in [0.25, 0.3) is 0 Å². The zero-order valence-electron chi connectivity index (χ0n) is 40.4. The van der Waals surface area contributed by atoms with Crippen molar-refractivity contribution in [2.75, 3.05) is 54.1 Å². The van der Waals surface area contributed by atoms with Crippen LogP contribution in [-0.2, 0) is 27.9 Å². The van der Waals surface area contributed by atoms with Crippen molar-refractivity contribution in [1.82, 2.24) is 0 Å². The van der Waals surface area contributed by atoms with E-state index in [1.165, 1.54) is 109 Å². The number of carbonyl (C=O) groups excluding carboxylic acids is 1. The van der Waals surface area contributed by atoms with Gasteiger partial charge in [0.25, 0.3) is 0 Å². The fourth-order valence-electron chi connectivity index (χ4n) is 6.72. The standard InChI is InChI=1S/C52H96NO7P/c1-6-8-10-12-14-16-18-20-22-23-24-25-26-27-28-29-30-31-32-33-35-37-39-41-43-45-52(54)60-51(50-59-61(55,56)58-48-46-53(3,4)5)49-57-47-44-42-40-38-36-34-21-19-17-15-13-11-9-7-2/h9,11,15,17-18,20-21,23-24,34,51H,6-8,10,12-14,16,19,22,25-33,35-50H2,1-5H3/p+1/b11-9-,17-15-,20-18-,24-23-,34-21-. The number of phosphoric ester groups is 1. The van der Waals surface area contributed by atoms with Gasteiger partial charge in [-0.1, -0.05) is 184 Å². The van der Waals surface area contributed by atoms with Gasteiger partial charge in [0.05, 0.1) is 34.4 Å². The highest BCUT2D eigenvalue weighted by Gasteiger charge is 2.26. The molecule has 0 spiro atoms. The van der Waals surface area contributed by atoms with Crippen LogP contribution < -0.4 is 0 Å². The molecule has 0 radical (unpaired) electrons. The van der Waals surface area contributed by atoms with Gasteiger partial charge in [0, 0.05) is 13.0 Å². The van der Waals surface area contributed by atoms with E-state index < -0.39 is 13.9 Å². The third-order valence-electron chi connectivity index (χ3n) is 10.6. The van der Waals surface area contributed by atoms with Crippen LogP contribution in [-0.4, -0.2) is 75.6 Å². The summed E-state index contributed by atoms with van der Waals surface area (Å²) in [5.41, 5.74) is 0. The van der Waals surface area contributed by atoms with Crippen LogP contribution in [0.15, 0.2) is 60.8 Å². The smallest absolute Gasteiger partial charge is 0.457 e. The number of ether oxygens (including phenoxy) is 2. The van der Waals surface area contributed by atoms with Crippen molar-refractivity contribution in [3.63, 3.8) is 0 Å². The van der Waals surface area contributed by atoms with Crippen molar-refractivity contribution in [2.45, 2.75) is 213 Å². The summed E-state index contributed by atoms with van der Waals surface area (Å²) in [5, 5.41) is 0. The lowest BCUT2D eigenvalue weighted by Crippen LogP contribution is -2.37. The largest absolute Gasteiger partial charge is 0.472 e. The Hall–Kier alpha value is -1.80. The predicted molar refractivity (Wildman–Crippen MR) is 261 cm³/mol. The highest BCUT2D eigenvalue weighted by Crippen LogP contribution is 2.43. The lowest BCUT2D eigenvalue weighted by Gasteiger charge is -2.24. The van der Waals surface area contributed by atoms with Gasteiger partial charge in [0.15, 0.2) is 0 Å². The van der Waals surface area contributed by atoms with Gasteiger partial charge in [0.2, 0.25) is 0 Å². The van der Waals surface area contributed by atoms with Gasteiger partial charge in [-0.25, -0.2) is 4.57 Å². The highest BCUT2D eigenvalue weighted by molar-refractivity contribution is 7.47. The second kappa shape index (κ2) is 44.8. The van der Waals surface area contributed by atoms with E-state index in [1.54, 1.807) is 0 Å². The maximum Gasteiger partial charge on any atom is 0.472 e. The predicted octanol–water partition coefficient (Wildman–Crippen LogP) is 15.3. The molecular formula is C52H97NO7P+. The first-order valence-corrected chi connectivity index (χ1v) is 26.5. The van der Waals surface area contributed by atoms with Crippen molar-refractivity contribution in [3.05, 3.63) is 60.8 Å². The van der Waals surface area contributed by atoms with Crippen LogP contribution in [0.3, 0.4) is 0 Å². The minimum atomic E-state index is -4.29. The first-order chi connectivity index (χ1) is 29.6. The lowest BCUT2D eigenvalue weighted by atomic mass is 10.0. The molecule has 2 atom stereocenters. The fraction of sp³-hybridized carbons (Fsp3) is 0.788. The van der Waals surface area contributed by atoms with E-state index in [2.05, 4.69) is 74.6 Å². The van der Waals surface area contributed by atoms with Gasteiger partial charge in [0.1, 0.15) is 19.3 Å². The van der Waals surface area contributed by atoms with Gasteiger partial charge in [-0.05, 0) is 77.0 Å². The maximum atomic E-state index is 12.7. The number of esters is 1. The van der Waals surface area contributed by atoms with Crippen molar-refractivity contribution < 1.29 is 37.3 Å². The third kappa shape index (κ3) is 49.1. The highest BCUT2D eigenvalue weighted by atomic mass is 31.2. The minimum Gasteiger partial charge on any atom is -0.457 e. The monoisotopic (exact) mass is 879 g/mol. The molecule has 8 nitrogen and oxygen atoms in total. The molecule has 0 bridgehead atoms. The molecule has 0 aromatic rings. The van der Waals surface area contributed by atoms with Crippen LogP contribution >= 0.6 is 7.82 Å². The molecule has 0 aliphatic carbocycles. The van der Waals surface area contributed by atoms with Crippen LogP contribution in [0, 0.1) is 0 Å². The summed E-state index contributed by atoms with van der Waals surface area (Å²) in [4.78, 5) is 23.0. The lowest BCUT2D eigenvalue weighted by molar-refractivity contribution is -0.870. The quantitative estimate of drug-likeness (QED) is 0.0214. The topological polar surface area (TPSA) is 91.3 Å². The van der Waals surface area contributed by atoms with Crippen LogP contribution in [0.1, 0.15) is 206 Å². The van der Waals surface area contributed by atoms with Crippen molar-refractivity contribution in [3.8, 4) is 0 Å². The first kappa shape index (κ1) is 59.2. The molecule has 0 saturated heterocycles. The van der Waals surface area contributed by atoms with E-state index in [0.717, 1.165) is 77.0 Å². The summed E-state index contributed by atoms with van der Waals surface area (Å²) in [7, 11) is 1.65. The Bertz CT molecular complexity index is 1160. The second-order valence-corrected chi connectivity index (χ2v) is 19.3. The van der Waals surface area contributed by atoms with E-state index in [0.29, 0.717) is 24.1 Å². The Morgan fingerprint density at radius 3 is 1.43 bits per heavy atom. The van der Waals surface area contributed by atoms with Gasteiger partial charge >= 0.3 is 13.8 Å². The molecule has 1 N–H and O–H groups in total. The number of phosphoric acid groups is 1. The number of rotatable bonds is 46. The van der Waals surface area contributed by atoms with Crippen LogP contribution in [0.2, 0.25) is 0 Å². The van der Waals surface area contributed by atoms with Gasteiger partial charge < -0.3 is 18.9 Å². The number of allylic oxidation sites excluding steroid dienone is 10. The van der Waals surface area contributed by atoms with Gasteiger partial charge in [-0.2, -0.15) is 0 Å². The Labute approximate surface area is 377 Å². The SMILES string of the molecule is CC/C=C\C/C=C\C/C=C\CCCCCCOCC(COP(=O)(O)OCC[N+](C)(C)C)OC(=O)CCCCCCCCCCCCCCC/C=C\C/C=C\CCCCCCC. The molecule has 0 fully saturated rings. The molecule has 0 rings (SSSR count). The Kier molecular flexibility index (Phi) is 43.5. The van der Waals surface area contributed by atoms with E-state index >= 15 is 0 Å². The molecule has 0 heterocycles. The summed E-state index contributed by atoms with van der Waals surface area (Å²) < 4.78 is 35.1. The molecule has 0 aromatic carbocycles. The van der Waals surface area contributed by atoms with E-state index in [-0.39, 0.29) is 25.8 Å². The van der Waals surface area contributed by atoms with Crippen molar-refractivity contribution in [2.24, 2.45) is 0 Å². The molecule has 9 heteroatoms. The molecule has 0 amide bonds. The molecule has 0 saturated carbocycles. The minimum absolute atomic E-state index is 0.0819. The molecule has 61 heavy (non-hydrogen) atoms. The second-order valence-electron chi connectivity index (χ2n) is 17.8. The maximum absolute atomic E-state index is 12.7. The molecular weight excluding hydrogens is 782 g/mol. The number of hydrogen-bond acceptors (Lipinski definition) is 6. The number of hydrogen-bond donors (Lipinski definition) is 1. The molecule has 2 unspecified atom stereocenters. The van der Waals surface area contributed by atoms with E-state index in [1.807, 2.05) is 21.1 Å². The van der Waals surface area contributed by atoms with Crippen molar-refractivity contribution >= 4 is 13.8 Å². The normalized spacial score (nSPS) is 14.1. The summed E-state index contributed by atoms with van der Waals surface area (Å²) >= 11 is 0. The third-order valence-corrected chi connectivity index (χ3v) is 11.5. The van der Waals surface area contributed by atoms with Crippen molar-refractivity contribution in [1.29, 1.82) is 0 Å². The zero-order valence-corrected chi connectivity index (χ0v) is 41.3. The van der Waals surface area contributed by atoms with E-state index in [9.17, 15) is 14.3 Å². The summed E-state index contributed by atoms with van der Waals surface area (Å²) in [5.74, 6) is -0.323. The average molecular weight is 879 g/mol. The molecule has 356 valence electrons. The summed E-state index contributed by atoms with van der Waals surface area (Å²) in [6.07, 6.45) is 57.0.